The maximum Gasteiger partial charge on any atom is 0.127 e. The fraction of sp³-hybridized carbons (Fsp3) is 0.412. The minimum atomic E-state index is 0.860. The molecule has 1 aliphatic rings. The highest BCUT2D eigenvalue weighted by Crippen LogP contribution is 2.29. The first kappa shape index (κ1) is 11.6. The molecule has 0 unspecified atom stereocenters. The van der Waals surface area contributed by atoms with E-state index in [0.717, 1.165) is 18.3 Å². The molecule has 1 aliphatic carbocycles. The van der Waals surface area contributed by atoms with Crippen LogP contribution in [0.2, 0.25) is 0 Å². The fourth-order valence-corrected chi connectivity index (χ4v) is 2.96. The number of benzene rings is 2. The number of rotatable bonds is 4. The van der Waals surface area contributed by atoms with Gasteiger partial charge in [0.25, 0.3) is 0 Å². The van der Waals surface area contributed by atoms with Gasteiger partial charge in [0.2, 0.25) is 0 Å². The number of hydrogen-bond acceptors (Lipinski definition) is 1. The van der Waals surface area contributed by atoms with Crippen LogP contribution in [0, 0.1) is 5.92 Å². The maximum absolute atomic E-state index is 5.98. The van der Waals surface area contributed by atoms with Crippen molar-refractivity contribution in [1.29, 1.82) is 0 Å². The average molecular weight is 240 g/mol. The maximum atomic E-state index is 5.98. The summed E-state index contributed by atoms with van der Waals surface area (Å²) < 4.78 is 5.98. The van der Waals surface area contributed by atoms with Gasteiger partial charge in [0.05, 0.1) is 6.61 Å². The van der Waals surface area contributed by atoms with E-state index in [1.807, 2.05) is 0 Å². The molecule has 0 radical (unpaired) electrons. The SMILES string of the molecule is c1ccc2c(OCCC3CCCC3)cccc2c1. The van der Waals surface area contributed by atoms with Gasteiger partial charge >= 0.3 is 0 Å². The first-order chi connectivity index (χ1) is 8.93. The first-order valence-electron chi connectivity index (χ1n) is 7.04. The van der Waals surface area contributed by atoms with E-state index in [2.05, 4.69) is 42.5 Å². The summed E-state index contributed by atoms with van der Waals surface area (Å²) >= 11 is 0. The lowest BCUT2D eigenvalue weighted by Crippen LogP contribution is -2.04. The topological polar surface area (TPSA) is 9.23 Å². The van der Waals surface area contributed by atoms with Crippen LogP contribution in [0.1, 0.15) is 32.1 Å². The first-order valence-corrected chi connectivity index (χ1v) is 7.04. The van der Waals surface area contributed by atoms with Crippen molar-refractivity contribution in [3.05, 3.63) is 42.5 Å². The third-order valence-corrected chi connectivity index (χ3v) is 4.01. The van der Waals surface area contributed by atoms with Gasteiger partial charge in [-0.05, 0) is 23.8 Å². The van der Waals surface area contributed by atoms with Crippen molar-refractivity contribution in [3.63, 3.8) is 0 Å². The highest BCUT2D eigenvalue weighted by atomic mass is 16.5. The van der Waals surface area contributed by atoms with Crippen molar-refractivity contribution < 1.29 is 4.74 Å². The van der Waals surface area contributed by atoms with Gasteiger partial charge in [0, 0.05) is 5.39 Å². The average Bonchev–Trinajstić information content (AvgIpc) is 2.92. The summed E-state index contributed by atoms with van der Waals surface area (Å²) in [4.78, 5) is 0. The highest BCUT2D eigenvalue weighted by molar-refractivity contribution is 5.88. The van der Waals surface area contributed by atoms with E-state index in [1.165, 1.54) is 42.9 Å². The molecule has 94 valence electrons. The van der Waals surface area contributed by atoms with Crippen molar-refractivity contribution in [3.8, 4) is 5.75 Å². The molecule has 1 heteroatoms. The van der Waals surface area contributed by atoms with Crippen LogP contribution in [0.3, 0.4) is 0 Å². The minimum Gasteiger partial charge on any atom is -0.493 e. The zero-order valence-electron chi connectivity index (χ0n) is 10.8. The quantitative estimate of drug-likeness (QED) is 0.746. The van der Waals surface area contributed by atoms with E-state index in [0.29, 0.717) is 0 Å². The Kier molecular flexibility index (Phi) is 3.49. The van der Waals surface area contributed by atoms with Crippen LogP contribution < -0.4 is 4.74 Å². The molecule has 1 saturated carbocycles. The van der Waals surface area contributed by atoms with Crippen molar-refractivity contribution in [2.45, 2.75) is 32.1 Å². The molecule has 3 rings (SSSR count). The van der Waals surface area contributed by atoms with Crippen molar-refractivity contribution in [1.82, 2.24) is 0 Å². The predicted octanol–water partition coefficient (Wildman–Crippen LogP) is 4.80. The Hall–Kier alpha value is -1.50. The molecule has 0 atom stereocenters. The molecule has 2 aromatic rings. The van der Waals surface area contributed by atoms with E-state index >= 15 is 0 Å². The Balaban J connectivity index is 1.66. The number of hydrogen-bond donors (Lipinski definition) is 0. The highest BCUT2D eigenvalue weighted by Gasteiger charge is 2.14. The molecule has 0 N–H and O–H groups in total. The Morgan fingerprint density at radius 1 is 0.944 bits per heavy atom. The molecule has 18 heavy (non-hydrogen) atoms. The number of fused-ring (bicyclic) bond motifs is 1. The summed E-state index contributed by atoms with van der Waals surface area (Å²) in [6, 6.07) is 14.7. The Morgan fingerprint density at radius 2 is 1.72 bits per heavy atom. The third-order valence-electron chi connectivity index (χ3n) is 4.01. The van der Waals surface area contributed by atoms with Crippen LogP contribution in [-0.2, 0) is 0 Å². The van der Waals surface area contributed by atoms with Crippen LogP contribution in [0.5, 0.6) is 5.75 Å². The van der Waals surface area contributed by atoms with Crippen LogP contribution >= 0.6 is 0 Å². The van der Waals surface area contributed by atoms with Crippen molar-refractivity contribution in [2.75, 3.05) is 6.61 Å². The molecule has 0 aliphatic heterocycles. The van der Waals surface area contributed by atoms with Gasteiger partial charge in [-0.3, -0.25) is 0 Å². The molecule has 1 fully saturated rings. The summed E-state index contributed by atoms with van der Waals surface area (Å²) in [7, 11) is 0. The second-order valence-corrected chi connectivity index (χ2v) is 5.26. The largest absolute Gasteiger partial charge is 0.493 e. The molecule has 0 amide bonds. The molecular formula is C17H20O. The summed E-state index contributed by atoms with van der Waals surface area (Å²) in [6.07, 6.45) is 6.85. The summed E-state index contributed by atoms with van der Waals surface area (Å²) in [5.74, 6) is 1.94. The molecular weight excluding hydrogens is 220 g/mol. The smallest absolute Gasteiger partial charge is 0.127 e. The second kappa shape index (κ2) is 5.43. The zero-order chi connectivity index (χ0) is 12.2. The lowest BCUT2D eigenvalue weighted by Gasteiger charge is -2.12. The Morgan fingerprint density at radius 3 is 2.61 bits per heavy atom. The van der Waals surface area contributed by atoms with Crippen molar-refractivity contribution >= 4 is 10.8 Å². The van der Waals surface area contributed by atoms with Crippen LogP contribution in [0.15, 0.2) is 42.5 Å². The molecule has 0 aromatic heterocycles. The van der Waals surface area contributed by atoms with Gasteiger partial charge in [-0.25, -0.2) is 0 Å². The standard InChI is InChI=1S/C17H20O/c1-2-7-14(6-1)12-13-18-17-11-5-9-15-8-3-4-10-16(15)17/h3-5,8-11,14H,1-2,6-7,12-13H2. The summed E-state index contributed by atoms with van der Waals surface area (Å²) in [5, 5.41) is 2.49. The normalized spacial score (nSPS) is 16.2. The van der Waals surface area contributed by atoms with E-state index in [1.54, 1.807) is 0 Å². The lowest BCUT2D eigenvalue weighted by atomic mass is 10.1. The van der Waals surface area contributed by atoms with E-state index in [9.17, 15) is 0 Å². The lowest BCUT2D eigenvalue weighted by molar-refractivity contribution is 0.282. The molecule has 0 heterocycles. The van der Waals surface area contributed by atoms with E-state index in [4.69, 9.17) is 4.74 Å². The van der Waals surface area contributed by atoms with Gasteiger partial charge in [-0.2, -0.15) is 0 Å². The summed E-state index contributed by atoms with van der Waals surface area (Å²) in [5.41, 5.74) is 0. The molecule has 0 saturated heterocycles. The molecule has 0 spiro atoms. The van der Waals surface area contributed by atoms with Crippen LogP contribution in [0.4, 0.5) is 0 Å². The van der Waals surface area contributed by atoms with Crippen molar-refractivity contribution in [2.24, 2.45) is 5.92 Å². The Bertz CT molecular complexity index is 507. The van der Waals surface area contributed by atoms with Gasteiger partial charge in [0.15, 0.2) is 0 Å². The minimum absolute atomic E-state index is 0.860. The van der Waals surface area contributed by atoms with E-state index < -0.39 is 0 Å². The van der Waals surface area contributed by atoms with E-state index in [-0.39, 0.29) is 0 Å². The molecule has 1 nitrogen and oxygen atoms in total. The van der Waals surface area contributed by atoms with Crippen LogP contribution in [0.25, 0.3) is 10.8 Å². The Labute approximate surface area is 109 Å². The zero-order valence-corrected chi connectivity index (χ0v) is 10.8. The molecule has 0 bridgehead atoms. The third kappa shape index (κ3) is 2.50. The number of ether oxygens (including phenoxy) is 1. The monoisotopic (exact) mass is 240 g/mol. The summed E-state index contributed by atoms with van der Waals surface area (Å²) in [6.45, 7) is 0.860. The predicted molar refractivity (Wildman–Crippen MR) is 76.0 cm³/mol. The molecule has 2 aromatic carbocycles. The fourth-order valence-electron chi connectivity index (χ4n) is 2.96. The van der Waals surface area contributed by atoms with Gasteiger partial charge in [-0.15, -0.1) is 0 Å². The van der Waals surface area contributed by atoms with Crippen LogP contribution in [-0.4, -0.2) is 6.61 Å². The van der Waals surface area contributed by atoms with Gasteiger partial charge in [0.1, 0.15) is 5.75 Å². The van der Waals surface area contributed by atoms with Gasteiger partial charge < -0.3 is 4.74 Å². The second-order valence-electron chi connectivity index (χ2n) is 5.26. The van der Waals surface area contributed by atoms with Gasteiger partial charge in [-0.1, -0.05) is 62.1 Å².